The molecule has 14 nitrogen and oxygen atoms in total. The molecule has 0 bridgehead atoms. The Morgan fingerprint density at radius 3 is 0.992 bits per heavy atom. The first-order valence-electron chi connectivity index (χ1n) is 54.6. The van der Waals surface area contributed by atoms with E-state index in [4.69, 9.17) is 34.1 Å². The fourth-order valence-electron chi connectivity index (χ4n) is 25.7. The minimum Gasteiger partial charge on any atom is -0.495 e. The van der Waals surface area contributed by atoms with Gasteiger partial charge in [0, 0.05) is 99.1 Å². The number of imidazole rings is 6. The molecule has 11 fully saturated rings. The highest BCUT2D eigenvalue weighted by molar-refractivity contribution is 7.68. The van der Waals surface area contributed by atoms with Crippen molar-refractivity contribution >= 4 is 80.9 Å². The van der Waals surface area contributed by atoms with Gasteiger partial charge in [-0.25, -0.2) is 29.9 Å². The molecule has 9 aromatic rings. The lowest BCUT2D eigenvalue weighted by Crippen LogP contribution is -2.33. The predicted octanol–water partition coefficient (Wildman–Crippen LogP) is 30.6. The molecule has 0 aliphatic heterocycles. The zero-order chi connectivity index (χ0) is 92.3. The van der Waals surface area contributed by atoms with E-state index in [1.165, 1.54) is 409 Å². The average Bonchev–Trinajstić information content (AvgIpc) is 1.64. The molecule has 730 valence electrons. The van der Waals surface area contributed by atoms with Crippen LogP contribution in [0, 0.1) is 20.8 Å². The fourth-order valence-corrected chi connectivity index (χ4v) is 46.9. The standard InChI is InChI=1S/C24H35N2P.C22H31N2OP.C19H27N2OP.C18H31N2P.C16H27N2P.C14H25N2P/c1-18-16-19(2)23(20(3)17-18)26-15-14-25-24(26)27(21-10-6-4-7-11-21)22-12-8-5-9-13-22;1-25-21-15-9-8-14-20(21)24-17-16-23-22(24)26(18-10-4-2-5-11-18)19-12-6-3-7-13-19;1-3-8-16(9-4-1)23(17-10-5-2-6-11-17)19-20-13-14-21(19)18-12-7-15-22-18;1-15(2)20-14-13-19-18(20)21(16-9-5-3-6-10-16)17-11-7-4-8-12-17;1-18-13-12-17-16(18)19(14-8-4-2-5-9-14)15-10-6-3-7-11-15;1-14(2,3)16-11-10-15-13(16)17(4)12-8-6-5-7-9-12/h14-17,21-22H,4-13H2,1-3H3;8-9,14-19H,2-7,10-13H2,1H3;7,12-17H,1-6,8-11H2;13-17H,3-12H2,1-2H3;12-15H,2-11H2,1H3;10-12H,5-9H2,1-4H3. The Hall–Kier alpha value is -4.64. The van der Waals surface area contributed by atoms with Gasteiger partial charge in [-0.2, -0.15) is 0 Å². The van der Waals surface area contributed by atoms with Crippen molar-refractivity contribution < 1.29 is 9.15 Å². The lowest BCUT2D eigenvalue weighted by Gasteiger charge is -2.38. The number of aromatic nitrogens is 12. The summed E-state index contributed by atoms with van der Waals surface area (Å²) < 4.78 is 25.6. The number of ether oxygens (including phenoxy) is 1. The molecule has 0 radical (unpaired) electrons. The van der Waals surface area contributed by atoms with Crippen molar-refractivity contribution in [2.45, 2.75) is 482 Å². The first kappa shape index (κ1) is 103. The van der Waals surface area contributed by atoms with E-state index >= 15 is 0 Å². The van der Waals surface area contributed by atoms with E-state index in [1.54, 1.807) is 13.4 Å². The van der Waals surface area contributed by atoms with Crippen LogP contribution in [0.3, 0.4) is 0 Å². The highest BCUT2D eigenvalue weighted by Crippen LogP contribution is 2.61. The van der Waals surface area contributed by atoms with Crippen LogP contribution in [-0.2, 0) is 12.6 Å². The van der Waals surface area contributed by atoms with Crippen molar-refractivity contribution in [3.8, 4) is 23.0 Å². The topological polar surface area (TPSA) is 129 Å². The van der Waals surface area contributed by atoms with Gasteiger partial charge < -0.3 is 22.9 Å². The van der Waals surface area contributed by atoms with Crippen molar-refractivity contribution in [3.05, 3.63) is 146 Å². The maximum absolute atomic E-state index is 5.68. The molecule has 11 saturated carbocycles. The number of aryl methyl sites for hydroxylation is 4. The van der Waals surface area contributed by atoms with Gasteiger partial charge in [0.25, 0.3) is 0 Å². The first-order valence-corrected chi connectivity index (χ1v) is 63.9. The zero-order valence-electron chi connectivity index (χ0n) is 84.8. The third-order valence-corrected chi connectivity index (χ3v) is 52.1. The number of methoxy groups -OCH3 is 1. The Balaban J connectivity index is 0.000000123. The Morgan fingerprint density at radius 2 is 0.639 bits per heavy atom. The number of nitrogens with zero attached hydrogens (tertiary/aromatic N) is 12. The van der Waals surface area contributed by atoms with E-state index in [0.29, 0.717) is 6.04 Å². The van der Waals surface area contributed by atoms with Gasteiger partial charge in [-0.1, -0.05) is 242 Å². The van der Waals surface area contributed by atoms with Crippen molar-refractivity contribution in [1.82, 2.24) is 57.3 Å². The van der Waals surface area contributed by atoms with Crippen LogP contribution >= 0.6 is 47.5 Å². The minimum atomic E-state index is -0.221. The second-order valence-electron chi connectivity index (χ2n) is 43.4. The quantitative estimate of drug-likeness (QED) is 0.0614. The van der Waals surface area contributed by atoms with Gasteiger partial charge >= 0.3 is 0 Å². The van der Waals surface area contributed by atoms with Gasteiger partial charge in [0.1, 0.15) is 39.1 Å². The van der Waals surface area contributed by atoms with Crippen molar-refractivity contribution in [1.29, 1.82) is 0 Å². The molecule has 0 spiro atoms. The molecule has 0 saturated heterocycles. The van der Waals surface area contributed by atoms with Crippen LogP contribution in [-0.4, -0.2) is 133 Å². The molecular weight excluding hydrogens is 1740 g/mol. The molecule has 20 heteroatoms. The molecule has 7 aromatic heterocycles. The number of hydrogen-bond donors (Lipinski definition) is 0. The molecule has 11 aliphatic carbocycles. The van der Waals surface area contributed by atoms with Crippen molar-refractivity contribution in [2.24, 2.45) is 7.05 Å². The molecule has 11 aliphatic rings. The Morgan fingerprint density at radius 1 is 0.338 bits per heavy atom. The Bertz CT molecular complexity index is 4640. The van der Waals surface area contributed by atoms with E-state index in [-0.39, 0.29) is 53.1 Å². The first-order chi connectivity index (χ1) is 65.1. The van der Waals surface area contributed by atoms with Gasteiger partial charge in [-0.3, -0.25) is 13.7 Å². The molecule has 20 rings (SSSR count). The maximum Gasteiger partial charge on any atom is 0.204 e. The normalized spacial score (nSPS) is 20.9. The van der Waals surface area contributed by atoms with Crippen LogP contribution in [0.25, 0.3) is 17.3 Å². The second kappa shape index (κ2) is 52.7. The third-order valence-electron chi connectivity index (χ3n) is 32.4. The lowest BCUT2D eigenvalue weighted by molar-refractivity contribution is 0.405. The van der Waals surface area contributed by atoms with Gasteiger partial charge in [-0.05, 0) is 342 Å². The highest BCUT2D eigenvalue weighted by Gasteiger charge is 2.42. The predicted molar refractivity (Wildman–Crippen MR) is 578 cm³/mol. The van der Waals surface area contributed by atoms with E-state index < -0.39 is 0 Å². The largest absolute Gasteiger partial charge is 0.495 e. The van der Waals surface area contributed by atoms with Crippen LogP contribution in [0.15, 0.2) is 134 Å². The summed E-state index contributed by atoms with van der Waals surface area (Å²) >= 11 is 0. The second-order valence-corrected chi connectivity index (χ2v) is 59.1. The van der Waals surface area contributed by atoms with Gasteiger partial charge in [-0.15, -0.1) is 0 Å². The van der Waals surface area contributed by atoms with Crippen molar-refractivity contribution in [2.75, 3.05) is 13.8 Å². The summed E-state index contributed by atoms with van der Waals surface area (Å²) in [7, 11) is 3.20. The summed E-state index contributed by atoms with van der Waals surface area (Å²) in [6, 6.07) is 17.6. The summed E-state index contributed by atoms with van der Waals surface area (Å²) in [5.41, 5.74) is 25.1. The van der Waals surface area contributed by atoms with E-state index in [9.17, 15) is 0 Å². The molecule has 1 atom stereocenters. The lowest BCUT2D eigenvalue weighted by atomic mass is 9.99. The molecule has 0 N–H and O–H groups in total. The summed E-state index contributed by atoms with van der Waals surface area (Å²) in [4.78, 5) is 29.1. The van der Waals surface area contributed by atoms with Crippen LogP contribution in [0.5, 0.6) is 5.75 Å². The van der Waals surface area contributed by atoms with Crippen LogP contribution in [0.4, 0.5) is 0 Å². The Labute approximate surface area is 813 Å². The zero-order valence-corrected chi connectivity index (χ0v) is 90.2. The minimum absolute atomic E-state index is 0.0240. The van der Waals surface area contributed by atoms with E-state index in [2.05, 4.69) is 187 Å². The van der Waals surface area contributed by atoms with Gasteiger partial charge in [0.05, 0.1) is 24.7 Å². The number of para-hydroxylation sites is 2. The highest BCUT2D eigenvalue weighted by atomic mass is 31.1. The molecule has 133 heavy (non-hydrogen) atoms. The van der Waals surface area contributed by atoms with Gasteiger partial charge in [0.2, 0.25) is 5.88 Å². The monoisotopic (exact) mass is 1920 g/mol. The van der Waals surface area contributed by atoms with Crippen LogP contribution < -0.4 is 38.1 Å². The SMILES string of the molecule is CC(C)n1ccnc1P(C1CCCCC1)C1CCCCC1.COc1ccccc1-n1ccnc1P(C1CCCCC1)C1CCCCC1.CP(c1nccn1C(C)(C)C)C1CCCCC1.Cc1cc(C)c(-n2ccnc2P(C2CCCCC2)C2CCCCC2)c(C)c1.Cn1ccnc1P(C1CCCCC1)C1CCCCC1.c1coc(-n2ccnc2P(C2CCCCC2)C2CCCCC2)c1. The number of benzene rings is 2. The van der Waals surface area contributed by atoms with Crippen LogP contribution in [0.1, 0.15) is 410 Å². The van der Waals surface area contributed by atoms with Crippen LogP contribution in [0.2, 0.25) is 0 Å². The summed E-state index contributed by atoms with van der Waals surface area (Å²) in [5.74, 6) is 1.87. The summed E-state index contributed by atoms with van der Waals surface area (Å²) in [5, 5.41) is 0. The molecular formula is C113H176N12O2P6. The molecule has 2 aromatic carbocycles. The summed E-state index contributed by atoms with van der Waals surface area (Å²) in [6.07, 6.45) is 106. The summed E-state index contributed by atoms with van der Waals surface area (Å²) in [6.45, 7) is 20.6. The smallest absolute Gasteiger partial charge is 0.204 e. The molecule has 1 unspecified atom stereocenters. The van der Waals surface area contributed by atoms with Crippen molar-refractivity contribution in [3.63, 3.8) is 0 Å². The fraction of sp³-hybridized carbons (Fsp3) is 0.699. The average molecular weight is 1920 g/mol. The Kier molecular flexibility index (Phi) is 40.7. The number of rotatable bonds is 22. The maximum atomic E-state index is 5.68. The third kappa shape index (κ3) is 27.6. The number of furan rings is 1. The van der Waals surface area contributed by atoms with Gasteiger partial charge in [0.15, 0.2) is 0 Å². The van der Waals surface area contributed by atoms with E-state index in [1.807, 2.05) is 36.9 Å². The van der Waals surface area contributed by atoms with E-state index in [0.717, 1.165) is 79.6 Å². The molecule has 0 amide bonds. The number of hydrogen-bond acceptors (Lipinski definition) is 8. The molecule has 7 heterocycles.